The number of benzene rings is 2. The summed E-state index contributed by atoms with van der Waals surface area (Å²) in [7, 11) is 0. The monoisotopic (exact) mass is 470 g/mol. The molecule has 0 bridgehead atoms. The van der Waals surface area contributed by atoms with Crippen molar-refractivity contribution >= 4 is 22.6 Å². The number of nitriles is 1. The maximum absolute atomic E-state index is 15.0. The van der Waals surface area contributed by atoms with Gasteiger partial charge in [-0.1, -0.05) is 0 Å². The lowest BCUT2D eigenvalue weighted by atomic mass is 9.92. The summed E-state index contributed by atoms with van der Waals surface area (Å²) in [5, 5.41) is 15.3. The van der Waals surface area contributed by atoms with E-state index in [4.69, 9.17) is 4.74 Å². The number of carbonyl (C=O) groups is 1. The van der Waals surface area contributed by atoms with Crippen LogP contribution < -0.4 is 15.4 Å². The SMILES string of the molecule is CC(C)NC(=O)Nc1c(F)cc(-c2c(C#N)c3ccc(OCCF)cc3n2C2CCC2)cc1F. The zero-order chi connectivity index (χ0) is 24.4. The fourth-order valence-electron chi connectivity index (χ4n) is 4.20. The molecule has 0 saturated heterocycles. The second-order valence-electron chi connectivity index (χ2n) is 8.57. The van der Waals surface area contributed by atoms with Crippen LogP contribution in [0.2, 0.25) is 0 Å². The number of rotatable bonds is 7. The van der Waals surface area contributed by atoms with Gasteiger partial charge in [-0.05, 0) is 57.4 Å². The van der Waals surface area contributed by atoms with Crippen molar-refractivity contribution in [3.8, 4) is 23.1 Å². The van der Waals surface area contributed by atoms with Crippen LogP contribution in [0.25, 0.3) is 22.2 Å². The van der Waals surface area contributed by atoms with Gasteiger partial charge >= 0.3 is 6.03 Å². The van der Waals surface area contributed by atoms with Gasteiger partial charge in [0.15, 0.2) is 0 Å². The van der Waals surface area contributed by atoms with E-state index in [1.165, 1.54) is 0 Å². The molecule has 6 nitrogen and oxygen atoms in total. The van der Waals surface area contributed by atoms with Gasteiger partial charge in [0, 0.05) is 29.1 Å². The molecule has 4 rings (SSSR count). The maximum Gasteiger partial charge on any atom is 0.319 e. The Kier molecular flexibility index (Phi) is 6.68. The van der Waals surface area contributed by atoms with Crippen LogP contribution >= 0.6 is 0 Å². The molecule has 0 radical (unpaired) electrons. The van der Waals surface area contributed by atoms with Crippen LogP contribution in [-0.4, -0.2) is 29.9 Å². The van der Waals surface area contributed by atoms with E-state index >= 15 is 0 Å². The summed E-state index contributed by atoms with van der Waals surface area (Å²) in [5.74, 6) is -1.45. The van der Waals surface area contributed by atoms with Crippen molar-refractivity contribution in [1.82, 2.24) is 9.88 Å². The summed E-state index contributed by atoms with van der Waals surface area (Å²) >= 11 is 0. The van der Waals surface area contributed by atoms with Gasteiger partial charge in [-0.25, -0.2) is 18.0 Å². The van der Waals surface area contributed by atoms with Crippen molar-refractivity contribution < 1.29 is 22.7 Å². The summed E-state index contributed by atoms with van der Waals surface area (Å²) < 4.78 is 49.9. The van der Waals surface area contributed by atoms with Gasteiger partial charge in [-0.3, -0.25) is 0 Å². The van der Waals surface area contributed by atoms with Crippen LogP contribution in [0.1, 0.15) is 44.7 Å². The quantitative estimate of drug-likeness (QED) is 0.440. The molecule has 34 heavy (non-hydrogen) atoms. The van der Waals surface area contributed by atoms with E-state index in [0.29, 0.717) is 22.3 Å². The number of ether oxygens (including phenoxy) is 1. The van der Waals surface area contributed by atoms with E-state index in [1.807, 2.05) is 4.57 Å². The predicted octanol–water partition coefficient (Wildman–Crippen LogP) is 6.06. The number of halogens is 3. The molecular formula is C25H25F3N4O2. The number of fused-ring (bicyclic) bond motifs is 1. The van der Waals surface area contributed by atoms with Crippen LogP contribution in [0.5, 0.6) is 5.75 Å². The Morgan fingerprint density at radius 1 is 1.24 bits per heavy atom. The van der Waals surface area contributed by atoms with Crippen molar-refractivity contribution in [3.05, 3.63) is 47.5 Å². The Balaban J connectivity index is 1.85. The van der Waals surface area contributed by atoms with Crippen molar-refractivity contribution in [3.63, 3.8) is 0 Å². The first-order valence-corrected chi connectivity index (χ1v) is 11.2. The number of hydrogen-bond acceptors (Lipinski definition) is 3. The fourth-order valence-corrected chi connectivity index (χ4v) is 4.20. The number of anilines is 1. The van der Waals surface area contributed by atoms with Gasteiger partial charge in [0.2, 0.25) is 0 Å². The smallest absolute Gasteiger partial charge is 0.319 e. The van der Waals surface area contributed by atoms with Crippen LogP contribution in [0, 0.1) is 23.0 Å². The number of carbonyl (C=O) groups excluding carboxylic acids is 1. The van der Waals surface area contributed by atoms with Crippen molar-refractivity contribution in [1.29, 1.82) is 5.26 Å². The summed E-state index contributed by atoms with van der Waals surface area (Å²) in [4.78, 5) is 12.0. The molecule has 1 fully saturated rings. The summed E-state index contributed by atoms with van der Waals surface area (Å²) in [6.07, 6.45) is 2.72. The number of hydrogen-bond donors (Lipinski definition) is 2. The molecule has 1 aromatic heterocycles. The molecule has 1 heterocycles. The Morgan fingerprint density at radius 2 is 1.94 bits per heavy atom. The third kappa shape index (κ3) is 4.40. The lowest BCUT2D eigenvalue weighted by Gasteiger charge is -2.30. The van der Waals surface area contributed by atoms with Crippen molar-refractivity contribution in [2.24, 2.45) is 0 Å². The third-order valence-corrected chi connectivity index (χ3v) is 5.85. The lowest BCUT2D eigenvalue weighted by Crippen LogP contribution is -2.34. The van der Waals surface area contributed by atoms with Crippen LogP contribution in [-0.2, 0) is 0 Å². The summed E-state index contributed by atoms with van der Waals surface area (Å²) in [5.41, 5.74) is 1.01. The summed E-state index contributed by atoms with van der Waals surface area (Å²) in [6, 6.07) is 8.64. The molecule has 9 heteroatoms. The average molecular weight is 470 g/mol. The molecule has 1 aliphatic carbocycles. The molecule has 0 aliphatic heterocycles. The number of amides is 2. The van der Waals surface area contributed by atoms with Gasteiger partial charge in [0.1, 0.15) is 42.4 Å². The lowest BCUT2D eigenvalue weighted by molar-refractivity contribution is 0.249. The molecule has 178 valence electrons. The number of nitrogens with zero attached hydrogens (tertiary/aromatic N) is 2. The van der Waals surface area contributed by atoms with E-state index in [2.05, 4.69) is 16.7 Å². The standard InChI is InChI=1S/C25H25F3N4O2/c1-14(2)30-25(33)31-23-20(27)10-15(11-21(23)28)24-19(13-29)18-7-6-17(34-9-8-26)12-22(18)32(24)16-4-3-5-16/h6-7,10-12,14,16H,3-5,8-9H2,1-2H3,(H2,30,31,33). The molecule has 1 aliphatic rings. The zero-order valence-corrected chi connectivity index (χ0v) is 18.9. The Bertz CT molecular complexity index is 1250. The highest BCUT2D eigenvalue weighted by molar-refractivity contribution is 5.96. The number of alkyl halides is 1. The molecule has 0 unspecified atom stereocenters. The van der Waals surface area contributed by atoms with E-state index in [1.54, 1.807) is 32.0 Å². The third-order valence-electron chi connectivity index (χ3n) is 5.85. The molecule has 0 spiro atoms. The van der Waals surface area contributed by atoms with Gasteiger partial charge < -0.3 is 19.9 Å². The largest absolute Gasteiger partial charge is 0.491 e. The first kappa shape index (κ1) is 23.5. The van der Waals surface area contributed by atoms with E-state index < -0.39 is 30.0 Å². The molecule has 3 aromatic rings. The molecule has 2 amide bonds. The topological polar surface area (TPSA) is 79.1 Å². The van der Waals surface area contributed by atoms with Crippen LogP contribution in [0.15, 0.2) is 30.3 Å². The van der Waals surface area contributed by atoms with Gasteiger partial charge in [-0.2, -0.15) is 5.26 Å². The first-order chi connectivity index (χ1) is 16.3. The number of urea groups is 1. The fraction of sp³-hybridized carbons (Fsp3) is 0.360. The Morgan fingerprint density at radius 3 is 2.50 bits per heavy atom. The minimum atomic E-state index is -0.949. The Hall–Kier alpha value is -3.67. The number of nitrogens with one attached hydrogen (secondary N) is 2. The molecule has 2 aromatic carbocycles. The second kappa shape index (κ2) is 9.67. The molecule has 0 atom stereocenters. The Labute approximate surface area is 195 Å². The zero-order valence-electron chi connectivity index (χ0n) is 18.9. The van der Waals surface area contributed by atoms with Gasteiger partial charge in [-0.15, -0.1) is 0 Å². The van der Waals surface area contributed by atoms with Crippen molar-refractivity contribution in [2.75, 3.05) is 18.6 Å². The highest BCUT2D eigenvalue weighted by atomic mass is 19.1. The maximum atomic E-state index is 15.0. The summed E-state index contributed by atoms with van der Waals surface area (Å²) in [6.45, 7) is 2.73. The first-order valence-electron chi connectivity index (χ1n) is 11.2. The minimum absolute atomic E-state index is 0.0526. The van der Waals surface area contributed by atoms with E-state index in [-0.39, 0.29) is 29.8 Å². The van der Waals surface area contributed by atoms with Crippen LogP contribution in [0.4, 0.5) is 23.7 Å². The average Bonchev–Trinajstić information content (AvgIpc) is 3.06. The number of aromatic nitrogens is 1. The van der Waals surface area contributed by atoms with E-state index in [0.717, 1.165) is 31.4 Å². The highest BCUT2D eigenvalue weighted by Gasteiger charge is 2.29. The normalized spacial score (nSPS) is 13.6. The molecular weight excluding hydrogens is 445 g/mol. The van der Waals surface area contributed by atoms with Crippen LogP contribution in [0.3, 0.4) is 0 Å². The van der Waals surface area contributed by atoms with Gasteiger partial charge in [0.05, 0.1) is 16.8 Å². The van der Waals surface area contributed by atoms with E-state index in [9.17, 15) is 23.2 Å². The minimum Gasteiger partial charge on any atom is -0.491 e. The molecule has 2 N–H and O–H groups in total. The predicted molar refractivity (Wildman–Crippen MR) is 124 cm³/mol. The molecule has 1 saturated carbocycles. The second-order valence-corrected chi connectivity index (χ2v) is 8.57. The van der Waals surface area contributed by atoms with Crippen molar-refractivity contribution in [2.45, 2.75) is 45.2 Å². The highest BCUT2D eigenvalue weighted by Crippen LogP contribution is 2.44. The van der Waals surface area contributed by atoms with Gasteiger partial charge in [0.25, 0.3) is 0 Å².